The predicted octanol–water partition coefficient (Wildman–Crippen LogP) is 1.31. The summed E-state index contributed by atoms with van der Waals surface area (Å²) in [6.07, 6.45) is -0.883. The van der Waals surface area contributed by atoms with Crippen molar-refractivity contribution < 1.29 is 29.2 Å². The molecular weight excluding hydrogens is 426 g/mol. The standard InChI is InChI=1S/C20H23N3O7S/c1-9-15-14(10(2)24)19(26)22(15)16(17(9)31-11(3)18(21)25)20(27)30-8-12-4-6-13(7-5-12)23(28)29/h4-7,9-11,14-15,24H,8H2,1-3H3,(H2,21,25)/t9-,10-,11-,14-,15-/m1/s1. The molecule has 0 aromatic heterocycles. The summed E-state index contributed by atoms with van der Waals surface area (Å²) in [5, 5.41) is 20.1. The Morgan fingerprint density at radius 3 is 2.45 bits per heavy atom. The molecule has 0 radical (unpaired) electrons. The maximum atomic E-state index is 12.9. The van der Waals surface area contributed by atoms with Crippen LogP contribution in [-0.2, 0) is 25.7 Å². The number of benzene rings is 1. The Hall–Kier alpha value is -2.92. The molecule has 2 amide bonds. The maximum absolute atomic E-state index is 12.9. The van der Waals surface area contributed by atoms with Crippen molar-refractivity contribution in [1.82, 2.24) is 4.90 Å². The number of ether oxygens (including phenoxy) is 1. The summed E-state index contributed by atoms with van der Waals surface area (Å²) in [4.78, 5) is 49.2. The molecular formula is C20H23N3O7S. The minimum atomic E-state index is -0.883. The van der Waals surface area contributed by atoms with Gasteiger partial charge >= 0.3 is 5.97 Å². The zero-order valence-electron chi connectivity index (χ0n) is 17.2. The average Bonchev–Trinajstić information content (AvgIpc) is 2.94. The van der Waals surface area contributed by atoms with E-state index >= 15 is 0 Å². The Balaban J connectivity index is 1.83. The number of rotatable bonds is 8. The number of nitrogens with two attached hydrogens (primary N) is 1. The van der Waals surface area contributed by atoms with E-state index < -0.39 is 40.1 Å². The van der Waals surface area contributed by atoms with Crippen LogP contribution in [0.15, 0.2) is 34.9 Å². The molecule has 1 saturated heterocycles. The van der Waals surface area contributed by atoms with Crippen LogP contribution in [0.1, 0.15) is 26.3 Å². The van der Waals surface area contributed by atoms with Crippen LogP contribution in [0, 0.1) is 22.0 Å². The number of fused-ring (bicyclic) bond motifs is 1. The molecule has 5 atom stereocenters. The normalized spacial score (nSPS) is 24.3. The molecule has 10 nitrogen and oxygen atoms in total. The highest BCUT2D eigenvalue weighted by atomic mass is 32.2. The minimum absolute atomic E-state index is 0.0550. The highest BCUT2D eigenvalue weighted by Gasteiger charge is 2.60. The second kappa shape index (κ2) is 8.67. The van der Waals surface area contributed by atoms with Gasteiger partial charge in [-0.05, 0) is 31.5 Å². The number of hydrogen-bond acceptors (Lipinski definition) is 8. The van der Waals surface area contributed by atoms with Gasteiger partial charge in [-0.25, -0.2) is 4.79 Å². The van der Waals surface area contributed by atoms with Gasteiger partial charge in [-0.1, -0.05) is 6.92 Å². The van der Waals surface area contributed by atoms with E-state index in [9.17, 15) is 29.6 Å². The van der Waals surface area contributed by atoms with Gasteiger partial charge in [0.25, 0.3) is 5.69 Å². The molecule has 166 valence electrons. The molecule has 1 aromatic carbocycles. The SMILES string of the molecule is C[C@@H](SC1=C(C(=O)OCc2ccc([N+](=O)[O-])cc2)N2C(=O)[C@H]([C@@H](C)O)[C@H]2[C@H]1C)C(N)=O. The number of carbonyl (C=O) groups excluding carboxylic acids is 3. The van der Waals surface area contributed by atoms with Gasteiger partial charge in [0.05, 0.1) is 28.2 Å². The van der Waals surface area contributed by atoms with E-state index in [-0.39, 0.29) is 29.8 Å². The number of aliphatic hydroxyl groups is 1. The van der Waals surface area contributed by atoms with E-state index in [1.54, 1.807) is 6.92 Å². The van der Waals surface area contributed by atoms with Crippen LogP contribution >= 0.6 is 11.8 Å². The number of hydrogen-bond donors (Lipinski definition) is 2. The molecule has 2 aliphatic rings. The molecule has 3 N–H and O–H groups in total. The Labute approximate surface area is 182 Å². The molecule has 2 aliphatic heterocycles. The Morgan fingerprint density at radius 1 is 1.32 bits per heavy atom. The summed E-state index contributed by atoms with van der Waals surface area (Å²) in [6.45, 7) is 4.81. The first-order valence-corrected chi connectivity index (χ1v) is 10.5. The lowest BCUT2D eigenvalue weighted by molar-refractivity contribution is -0.384. The Bertz CT molecular complexity index is 960. The van der Waals surface area contributed by atoms with Gasteiger partial charge in [0.1, 0.15) is 12.3 Å². The van der Waals surface area contributed by atoms with Crippen molar-refractivity contribution in [2.24, 2.45) is 17.6 Å². The van der Waals surface area contributed by atoms with Gasteiger partial charge in [-0.2, -0.15) is 0 Å². The number of nitro benzene ring substituents is 1. The number of nitrogens with zero attached hydrogens (tertiary/aromatic N) is 2. The average molecular weight is 449 g/mol. The smallest absolute Gasteiger partial charge is 0.356 e. The number of nitro groups is 1. The summed E-state index contributed by atoms with van der Waals surface area (Å²) < 4.78 is 5.38. The number of β-lactam (4-membered cyclic amide) rings is 1. The fourth-order valence-corrected chi connectivity index (χ4v) is 4.99. The number of carbonyl (C=O) groups is 3. The van der Waals surface area contributed by atoms with Crippen LogP contribution in [0.4, 0.5) is 5.69 Å². The number of esters is 1. The van der Waals surface area contributed by atoms with E-state index in [2.05, 4.69) is 0 Å². The minimum Gasteiger partial charge on any atom is -0.456 e. The molecule has 0 bridgehead atoms. The molecule has 0 spiro atoms. The first-order chi connectivity index (χ1) is 14.5. The van der Waals surface area contributed by atoms with E-state index in [4.69, 9.17) is 10.5 Å². The third-order valence-corrected chi connectivity index (χ3v) is 6.93. The van der Waals surface area contributed by atoms with Gasteiger partial charge in [0, 0.05) is 23.0 Å². The fourth-order valence-electron chi connectivity index (χ4n) is 3.85. The number of primary amides is 1. The van der Waals surface area contributed by atoms with Crippen molar-refractivity contribution in [3.63, 3.8) is 0 Å². The molecule has 1 fully saturated rings. The van der Waals surface area contributed by atoms with E-state index in [0.717, 1.165) is 11.8 Å². The third-order valence-electron chi connectivity index (χ3n) is 5.52. The van der Waals surface area contributed by atoms with Crippen molar-refractivity contribution >= 4 is 35.2 Å². The van der Waals surface area contributed by atoms with Crippen molar-refractivity contribution in [2.45, 2.75) is 44.8 Å². The number of amides is 2. The van der Waals surface area contributed by atoms with Crippen molar-refractivity contribution in [2.75, 3.05) is 0 Å². The summed E-state index contributed by atoms with van der Waals surface area (Å²) in [5.74, 6) is -2.61. The van der Waals surface area contributed by atoms with E-state index in [0.29, 0.717) is 10.5 Å². The highest BCUT2D eigenvalue weighted by molar-refractivity contribution is 8.04. The van der Waals surface area contributed by atoms with Crippen LogP contribution in [0.5, 0.6) is 0 Å². The maximum Gasteiger partial charge on any atom is 0.356 e. The summed E-state index contributed by atoms with van der Waals surface area (Å²) >= 11 is 1.10. The first kappa shape index (κ1) is 22.8. The molecule has 0 unspecified atom stereocenters. The molecule has 0 saturated carbocycles. The second-order valence-corrected chi connectivity index (χ2v) is 9.01. The zero-order chi connectivity index (χ0) is 23.0. The lowest BCUT2D eigenvalue weighted by Gasteiger charge is -2.46. The molecule has 11 heteroatoms. The topological polar surface area (TPSA) is 153 Å². The molecule has 1 aromatic rings. The van der Waals surface area contributed by atoms with Crippen molar-refractivity contribution in [3.8, 4) is 0 Å². The fraction of sp³-hybridized carbons (Fsp3) is 0.450. The van der Waals surface area contributed by atoms with Gasteiger partial charge in [-0.15, -0.1) is 11.8 Å². The summed E-state index contributed by atoms with van der Waals surface area (Å²) in [7, 11) is 0. The van der Waals surface area contributed by atoms with Gasteiger partial charge < -0.3 is 20.5 Å². The largest absolute Gasteiger partial charge is 0.456 e. The van der Waals surface area contributed by atoms with Crippen LogP contribution in [0.2, 0.25) is 0 Å². The van der Waals surface area contributed by atoms with Crippen molar-refractivity contribution in [1.29, 1.82) is 0 Å². The van der Waals surface area contributed by atoms with Crippen LogP contribution < -0.4 is 5.73 Å². The quantitative estimate of drug-likeness (QED) is 0.261. The van der Waals surface area contributed by atoms with Crippen molar-refractivity contribution in [3.05, 3.63) is 50.5 Å². The zero-order valence-corrected chi connectivity index (χ0v) is 18.0. The second-order valence-electron chi connectivity index (χ2n) is 7.63. The van der Waals surface area contributed by atoms with Gasteiger partial charge in [0.15, 0.2) is 0 Å². The van der Waals surface area contributed by atoms with E-state index in [1.807, 2.05) is 6.92 Å². The number of aliphatic hydroxyl groups excluding tert-OH is 1. The Kier molecular flexibility index (Phi) is 6.37. The molecule has 31 heavy (non-hydrogen) atoms. The molecule has 3 rings (SSSR count). The van der Waals surface area contributed by atoms with Crippen LogP contribution in [0.25, 0.3) is 0 Å². The van der Waals surface area contributed by atoms with Crippen LogP contribution in [0.3, 0.4) is 0 Å². The van der Waals surface area contributed by atoms with Gasteiger partial charge in [0.2, 0.25) is 11.8 Å². The molecule has 2 heterocycles. The molecule has 0 aliphatic carbocycles. The Morgan fingerprint density at radius 2 is 1.94 bits per heavy atom. The number of thioether (sulfide) groups is 1. The number of non-ortho nitro benzene ring substituents is 1. The lowest BCUT2D eigenvalue weighted by Crippen LogP contribution is -2.63. The lowest BCUT2D eigenvalue weighted by atomic mass is 9.79. The monoisotopic (exact) mass is 449 g/mol. The van der Waals surface area contributed by atoms with Crippen LogP contribution in [-0.4, -0.2) is 50.1 Å². The van der Waals surface area contributed by atoms with Gasteiger partial charge in [-0.3, -0.25) is 19.7 Å². The third kappa shape index (κ3) is 4.15. The predicted molar refractivity (Wildman–Crippen MR) is 111 cm³/mol. The van der Waals surface area contributed by atoms with E-state index in [1.165, 1.54) is 36.1 Å². The summed E-state index contributed by atoms with van der Waals surface area (Å²) in [6, 6.07) is 5.15. The first-order valence-electron chi connectivity index (χ1n) is 9.66. The summed E-state index contributed by atoms with van der Waals surface area (Å²) in [5.41, 5.74) is 5.88. The highest BCUT2D eigenvalue weighted by Crippen LogP contribution is 2.51.